The van der Waals surface area contributed by atoms with Gasteiger partial charge in [0.1, 0.15) is 0 Å². The Morgan fingerprint density at radius 3 is 2.59 bits per heavy atom. The molecule has 1 aromatic carbocycles. The molecule has 1 aromatic rings. The molecule has 0 aliphatic heterocycles. The zero-order chi connectivity index (χ0) is 13.1. The van der Waals surface area contributed by atoms with Crippen LogP contribution in [-0.2, 0) is 6.54 Å². The van der Waals surface area contributed by atoms with Crippen LogP contribution in [0.5, 0.6) is 5.75 Å². The zero-order valence-corrected chi connectivity index (χ0v) is 11.0. The van der Waals surface area contributed by atoms with Crippen LogP contribution in [-0.4, -0.2) is 11.7 Å². The third kappa shape index (κ3) is 4.00. The summed E-state index contributed by atoms with van der Waals surface area (Å²) in [6.07, 6.45) is 0. The summed E-state index contributed by atoms with van der Waals surface area (Å²) in [6, 6.07) is 4.60. The van der Waals surface area contributed by atoms with Gasteiger partial charge in [-0.15, -0.1) is 0 Å². The highest BCUT2D eigenvalue weighted by atomic mass is 19.1. The molecule has 2 N–H and O–H groups in total. The van der Waals surface area contributed by atoms with Crippen LogP contribution in [0.1, 0.15) is 33.3 Å². The molecule has 0 aliphatic carbocycles. The van der Waals surface area contributed by atoms with Gasteiger partial charge in [-0.3, -0.25) is 0 Å². The van der Waals surface area contributed by atoms with Crippen LogP contribution < -0.4 is 5.32 Å². The molecule has 1 atom stereocenters. The molecule has 0 aromatic heterocycles. The van der Waals surface area contributed by atoms with Crippen LogP contribution >= 0.6 is 0 Å². The maximum absolute atomic E-state index is 13.1. The van der Waals surface area contributed by atoms with E-state index in [9.17, 15) is 9.50 Å². The molecular weight excluding hydrogens is 217 g/mol. The molecule has 17 heavy (non-hydrogen) atoms. The van der Waals surface area contributed by atoms with Gasteiger partial charge in [0.2, 0.25) is 0 Å². The highest BCUT2D eigenvalue weighted by Gasteiger charge is 2.19. The summed E-state index contributed by atoms with van der Waals surface area (Å²) in [5, 5.41) is 12.8. The third-order valence-electron chi connectivity index (χ3n) is 3.31. The Kier molecular flexibility index (Phi) is 4.52. The van der Waals surface area contributed by atoms with Gasteiger partial charge < -0.3 is 10.4 Å². The monoisotopic (exact) mass is 239 g/mol. The standard InChI is InChI=1S/C14H22FNO/c1-10(14(2,3)4)8-16-9-11-6-5-7-12(15)13(11)17/h5-7,10,16-17H,8-9H2,1-4H3. The molecule has 0 amide bonds. The Labute approximate surface area is 103 Å². The van der Waals surface area contributed by atoms with Gasteiger partial charge >= 0.3 is 0 Å². The molecule has 1 unspecified atom stereocenters. The van der Waals surface area contributed by atoms with Crippen LogP contribution in [0.3, 0.4) is 0 Å². The topological polar surface area (TPSA) is 32.3 Å². The molecule has 0 radical (unpaired) electrons. The molecule has 0 aliphatic rings. The van der Waals surface area contributed by atoms with Crippen molar-refractivity contribution in [3.63, 3.8) is 0 Å². The molecular formula is C14H22FNO. The van der Waals surface area contributed by atoms with E-state index in [4.69, 9.17) is 0 Å². The fourth-order valence-electron chi connectivity index (χ4n) is 1.43. The largest absolute Gasteiger partial charge is 0.505 e. The number of phenolic OH excluding ortho intramolecular Hbond substituents is 1. The maximum atomic E-state index is 13.1. The van der Waals surface area contributed by atoms with E-state index >= 15 is 0 Å². The highest BCUT2D eigenvalue weighted by Crippen LogP contribution is 2.25. The summed E-state index contributed by atoms with van der Waals surface area (Å²) in [6.45, 7) is 10.1. The first-order chi connectivity index (χ1) is 7.82. The van der Waals surface area contributed by atoms with Crippen molar-refractivity contribution in [1.29, 1.82) is 0 Å². The van der Waals surface area contributed by atoms with E-state index in [1.54, 1.807) is 12.1 Å². The lowest BCUT2D eigenvalue weighted by molar-refractivity contribution is 0.252. The molecule has 0 fully saturated rings. The quantitative estimate of drug-likeness (QED) is 0.845. The molecule has 0 saturated heterocycles. The predicted octanol–water partition coefficient (Wildman–Crippen LogP) is 3.30. The SMILES string of the molecule is CC(CNCc1cccc(F)c1O)C(C)(C)C. The number of rotatable bonds is 4. The average molecular weight is 239 g/mol. The van der Waals surface area contributed by atoms with E-state index < -0.39 is 5.82 Å². The number of aromatic hydroxyl groups is 1. The number of benzene rings is 1. The first-order valence-electron chi connectivity index (χ1n) is 5.99. The Hall–Kier alpha value is -1.09. The van der Waals surface area contributed by atoms with Gasteiger partial charge in [0.15, 0.2) is 11.6 Å². The van der Waals surface area contributed by atoms with Crippen molar-refractivity contribution in [1.82, 2.24) is 5.32 Å². The minimum atomic E-state index is -0.562. The van der Waals surface area contributed by atoms with Crippen molar-refractivity contribution in [3.8, 4) is 5.75 Å². The van der Waals surface area contributed by atoms with E-state index in [0.29, 0.717) is 18.0 Å². The van der Waals surface area contributed by atoms with E-state index in [1.807, 2.05) is 0 Å². The zero-order valence-electron chi connectivity index (χ0n) is 11.0. The Morgan fingerprint density at radius 2 is 2.00 bits per heavy atom. The normalized spacial score (nSPS) is 13.7. The fraction of sp³-hybridized carbons (Fsp3) is 0.571. The van der Waals surface area contributed by atoms with E-state index in [1.165, 1.54) is 6.07 Å². The number of para-hydroxylation sites is 1. The molecule has 0 saturated carbocycles. The molecule has 1 rings (SSSR count). The van der Waals surface area contributed by atoms with E-state index in [2.05, 4.69) is 33.0 Å². The van der Waals surface area contributed by atoms with Crippen LogP contribution in [0.25, 0.3) is 0 Å². The Morgan fingerprint density at radius 1 is 1.35 bits per heavy atom. The number of hydrogen-bond donors (Lipinski definition) is 2. The minimum absolute atomic E-state index is 0.247. The van der Waals surface area contributed by atoms with Gasteiger partial charge in [-0.25, -0.2) is 4.39 Å². The third-order valence-corrected chi connectivity index (χ3v) is 3.31. The first-order valence-corrected chi connectivity index (χ1v) is 5.99. The van der Waals surface area contributed by atoms with Gasteiger partial charge in [-0.2, -0.15) is 0 Å². The number of phenols is 1. The molecule has 3 heteroatoms. The summed E-state index contributed by atoms with van der Waals surface area (Å²) in [7, 11) is 0. The number of nitrogens with one attached hydrogen (secondary N) is 1. The van der Waals surface area contributed by atoms with Crippen LogP contribution in [0.2, 0.25) is 0 Å². The van der Waals surface area contributed by atoms with Crippen molar-refractivity contribution in [2.24, 2.45) is 11.3 Å². The van der Waals surface area contributed by atoms with Crippen molar-refractivity contribution in [3.05, 3.63) is 29.6 Å². The van der Waals surface area contributed by atoms with Crippen molar-refractivity contribution >= 4 is 0 Å². The molecule has 0 heterocycles. The predicted molar refractivity (Wildman–Crippen MR) is 68.4 cm³/mol. The second-order valence-corrected chi connectivity index (χ2v) is 5.65. The Balaban J connectivity index is 2.49. The minimum Gasteiger partial charge on any atom is -0.505 e. The van der Waals surface area contributed by atoms with Crippen LogP contribution in [0, 0.1) is 17.2 Å². The highest BCUT2D eigenvalue weighted by molar-refractivity contribution is 5.33. The van der Waals surface area contributed by atoms with E-state index in [0.717, 1.165) is 6.54 Å². The van der Waals surface area contributed by atoms with Gasteiger partial charge in [0.05, 0.1) is 0 Å². The average Bonchev–Trinajstić information content (AvgIpc) is 2.22. The fourth-order valence-corrected chi connectivity index (χ4v) is 1.43. The summed E-state index contributed by atoms with van der Waals surface area (Å²) in [5.74, 6) is -0.296. The van der Waals surface area contributed by atoms with Gasteiger partial charge in [0, 0.05) is 12.1 Å². The molecule has 2 nitrogen and oxygen atoms in total. The lowest BCUT2D eigenvalue weighted by Gasteiger charge is -2.27. The summed E-state index contributed by atoms with van der Waals surface area (Å²) in [4.78, 5) is 0. The van der Waals surface area contributed by atoms with Crippen molar-refractivity contribution in [2.75, 3.05) is 6.54 Å². The van der Waals surface area contributed by atoms with Crippen molar-refractivity contribution in [2.45, 2.75) is 34.2 Å². The molecule has 0 spiro atoms. The van der Waals surface area contributed by atoms with Crippen LogP contribution in [0.4, 0.5) is 4.39 Å². The molecule has 0 bridgehead atoms. The lowest BCUT2D eigenvalue weighted by Crippen LogP contribution is -2.29. The summed E-state index contributed by atoms with van der Waals surface area (Å²) < 4.78 is 13.1. The molecule has 96 valence electrons. The summed E-state index contributed by atoms with van der Waals surface area (Å²) >= 11 is 0. The van der Waals surface area contributed by atoms with Crippen molar-refractivity contribution < 1.29 is 9.50 Å². The Bertz CT molecular complexity index is 371. The number of hydrogen-bond acceptors (Lipinski definition) is 2. The smallest absolute Gasteiger partial charge is 0.165 e. The second-order valence-electron chi connectivity index (χ2n) is 5.65. The van der Waals surface area contributed by atoms with Gasteiger partial charge in [-0.05, 0) is 23.9 Å². The maximum Gasteiger partial charge on any atom is 0.165 e. The number of halogens is 1. The van der Waals surface area contributed by atoms with Crippen LogP contribution in [0.15, 0.2) is 18.2 Å². The lowest BCUT2D eigenvalue weighted by atomic mass is 9.82. The van der Waals surface area contributed by atoms with Gasteiger partial charge in [-0.1, -0.05) is 39.8 Å². The van der Waals surface area contributed by atoms with Gasteiger partial charge in [0.25, 0.3) is 0 Å². The first kappa shape index (κ1) is 14.0. The summed E-state index contributed by atoms with van der Waals surface area (Å²) in [5.41, 5.74) is 0.850. The second kappa shape index (κ2) is 5.50. The van der Waals surface area contributed by atoms with E-state index in [-0.39, 0.29) is 11.2 Å².